The lowest BCUT2D eigenvalue weighted by Crippen LogP contribution is -2.10. The summed E-state index contributed by atoms with van der Waals surface area (Å²) in [5.74, 6) is 5.86. The Balaban J connectivity index is 1.47. The molecule has 0 aromatic rings. The van der Waals surface area contributed by atoms with Crippen LogP contribution in [0.2, 0.25) is 0 Å². The molecule has 31 heavy (non-hydrogen) atoms. The SMILES string of the molecule is CC=CC(CC)C1C=CC(CC(C)CCC(CC)CC2=C(C)C(C)=CC3CC23)CCC1. The third-order valence-corrected chi connectivity index (χ3v) is 8.89. The van der Waals surface area contributed by atoms with Gasteiger partial charge in [0.25, 0.3) is 0 Å². The first kappa shape index (κ1) is 24.6. The van der Waals surface area contributed by atoms with Gasteiger partial charge in [0.2, 0.25) is 0 Å². The maximum Gasteiger partial charge on any atom is -0.0128 e. The lowest BCUT2D eigenvalue weighted by atomic mass is 9.82. The summed E-state index contributed by atoms with van der Waals surface area (Å²) in [4.78, 5) is 0. The molecular formula is C31H50. The monoisotopic (exact) mass is 422 g/mol. The molecule has 3 rings (SSSR count). The molecule has 0 bridgehead atoms. The van der Waals surface area contributed by atoms with E-state index in [-0.39, 0.29) is 0 Å². The van der Waals surface area contributed by atoms with Crippen LogP contribution in [0.3, 0.4) is 0 Å². The molecule has 0 heterocycles. The quantitative estimate of drug-likeness (QED) is 0.291. The van der Waals surface area contributed by atoms with Gasteiger partial charge in [-0.15, -0.1) is 0 Å². The van der Waals surface area contributed by atoms with Crippen molar-refractivity contribution in [1.82, 2.24) is 0 Å². The van der Waals surface area contributed by atoms with Gasteiger partial charge >= 0.3 is 0 Å². The van der Waals surface area contributed by atoms with Gasteiger partial charge in [-0.25, -0.2) is 0 Å². The lowest BCUT2D eigenvalue weighted by Gasteiger charge is -2.24. The van der Waals surface area contributed by atoms with Crippen molar-refractivity contribution in [3.05, 3.63) is 47.1 Å². The van der Waals surface area contributed by atoms with E-state index in [4.69, 9.17) is 0 Å². The maximum absolute atomic E-state index is 2.61. The summed E-state index contributed by atoms with van der Waals surface area (Å²) in [6.07, 6.45) is 26.3. The molecule has 0 radical (unpaired) electrons. The fraction of sp³-hybridized carbons (Fsp3) is 0.742. The van der Waals surface area contributed by atoms with E-state index in [0.29, 0.717) is 0 Å². The zero-order chi connectivity index (χ0) is 22.4. The molecule has 0 nitrogen and oxygen atoms in total. The highest BCUT2D eigenvalue weighted by atomic mass is 14.5. The third kappa shape index (κ3) is 6.72. The van der Waals surface area contributed by atoms with Crippen LogP contribution >= 0.6 is 0 Å². The Labute approximate surface area is 194 Å². The van der Waals surface area contributed by atoms with Crippen LogP contribution < -0.4 is 0 Å². The molecular weight excluding hydrogens is 372 g/mol. The van der Waals surface area contributed by atoms with Crippen molar-refractivity contribution in [1.29, 1.82) is 0 Å². The molecule has 0 saturated heterocycles. The van der Waals surface area contributed by atoms with Gasteiger partial charge in [-0.3, -0.25) is 0 Å². The van der Waals surface area contributed by atoms with Gasteiger partial charge in [-0.05, 0) is 113 Å². The molecule has 0 spiro atoms. The number of hydrogen-bond donors (Lipinski definition) is 0. The van der Waals surface area contributed by atoms with Gasteiger partial charge in [0.1, 0.15) is 0 Å². The molecule has 174 valence electrons. The second-order valence-electron chi connectivity index (χ2n) is 11.2. The fourth-order valence-electron chi connectivity index (χ4n) is 6.49. The van der Waals surface area contributed by atoms with Crippen LogP contribution in [-0.4, -0.2) is 0 Å². The standard InChI is InChI=1S/C31H50/c1-7-11-27(9-3)28-13-10-12-26(16-17-28)18-22(4)14-15-25(8-2)20-30-24(6)23(5)19-29-21-31(29)30/h7,11,16-17,19,22,25-29,31H,8-10,12-15,18,20-21H2,1-6H3. The number of fused-ring (bicyclic) bond motifs is 1. The Hall–Kier alpha value is -1.04. The van der Waals surface area contributed by atoms with Gasteiger partial charge < -0.3 is 0 Å². The van der Waals surface area contributed by atoms with Crippen molar-refractivity contribution in [2.75, 3.05) is 0 Å². The van der Waals surface area contributed by atoms with Gasteiger partial charge in [-0.2, -0.15) is 0 Å². The predicted octanol–water partition coefficient (Wildman–Crippen LogP) is 9.70. The van der Waals surface area contributed by atoms with Crippen molar-refractivity contribution in [3.63, 3.8) is 0 Å². The molecule has 7 atom stereocenters. The second kappa shape index (κ2) is 11.7. The van der Waals surface area contributed by atoms with Gasteiger partial charge in [0, 0.05) is 0 Å². The highest BCUT2D eigenvalue weighted by Crippen LogP contribution is 2.53. The van der Waals surface area contributed by atoms with E-state index in [0.717, 1.165) is 41.4 Å². The van der Waals surface area contributed by atoms with E-state index in [1.165, 1.54) is 64.2 Å². The van der Waals surface area contributed by atoms with Crippen LogP contribution in [-0.2, 0) is 0 Å². The van der Waals surface area contributed by atoms with Crippen molar-refractivity contribution in [2.45, 2.75) is 106 Å². The largest absolute Gasteiger partial charge is 0.0914 e. The molecule has 0 heteroatoms. The summed E-state index contributed by atoms with van der Waals surface area (Å²) in [5, 5.41) is 0. The minimum atomic E-state index is 0.741. The number of allylic oxidation sites excluding steroid dienone is 8. The first-order valence-electron chi connectivity index (χ1n) is 13.7. The second-order valence-corrected chi connectivity index (χ2v) is 11.2. The molecule has 7 unspecified atom stereocenters. The molecule has 3 aliphatic rings. The molecule has 0 N–H and O–H groups in total. The Bertz CT molecular complexity index is 687. The van der Waals surface area contributed by atoms with Crippen LogP contribution in [0.4, 0.5) is 0 Å². The average molecular weight is 423 g/mol. The normalized spacial score (nSPS) is 31.2. The summed E-state index contributed by atoms with van der Waals surface area (Å²) >= 11 is 0. The van der Waals surface area contributed by atoms with Crippen LogP contribution in [0.5, 0.6) is 0 Å². The van der Waals surface area contributed by atoms with E-state index < -0.39 is 0 Å². The van der Waals surface area contributed by atoms with Crippen LogP contribution in [0.15, 0.2) is 47.1 Å². The Morgan fingerprint density at radius 1 is 1.06 bits per heavy atom. The summed E-state index contributed by atoms with van der Waals surface area (Å²) < 4.78 is 0. The average Bonchev–Trinajstić information content (AvgIpc) is 3.55. The van der Waals surface area contributed by atoms with Crippen LogP contribution in [0, 0.1) is 41.4 Å². The molecule has 1 saturated carbocycles. The zero-order valence-electron chi connectivity index (χ0n) is 21.5. The fourth-order valence-corrected chi connectivity index (χ4v) is 6.49. The highest BCUT2D eigenvalue weighted by molar-refractivity contribution is 5.42. The van der Waals surface area contributed by atoms with E-state index in [1.807, 2.05) is 5.57 Å². The molecule has 0 amide bonds. The van der Waals surface area contributed by atoms with E-state index in [2.05, 4.69) is 71.9 Å². The predicted molar refractivity (Wildman–Crippen MR) is 138 cm³/mol. The van der Waals surface area contributed by atoms with Crippen molar-refractivity contribution < 1.29 is 0 Å². The molecule has 0 aromatic carbocycles. The summed E-state index contributed by atoms with van der Waals surface area (Å²) in [7, 11) is 0. The summed E-state index contributed by atoms with van der Waals surface area (Å²) in [6, 6.07) is 0. The van der Waals surface area contributed by atoms with Crippen LogP contribution in [0.25, 0.3) is 0 Å². The van der Waals surface area contributed by atoms with E-state index in [1.54, 1.807) is 11.1 Å². The van der Waals surface area contributed by atoms with E-state index in [9.17, 15) is 0 Å². The minimum Gasteiger partial charge on any atom is -0.0914 e. The van der Waals surface area contributed by atoms with Gasteiger partial charge in [-0.1, -0.05) is 81.6 Å². The Morgan fingerprint density at radius 3 is 2.58 bits per heavy atom. The number of rotatable bonds is 11. The van der Waals surface area contributed by atoms with Crippen molar-refractivity contribution >= 4 is 0 Å². The Kier molecular flexibility index (Phi) is 9.30. The van der Waals surface area contributed by atoms with Crippen molar-refractivity contribution in [3.8, 4) is 0 Å². The molecule has 0 aromatic heterocycles. The first-order valence-corrected chi connectivity index (χ1v) is 13.7. The topological polar surface area (TPSA) is 0 Å². The van der Waals surface area contributed by atoms with E-state index >= 15 is 0 Å². The summed E-state index contributed by atoms with van der Waals surface area (Å²) in [5.41, 5.74) is 5.02. The maximum atomic E-state index is 2.61. The zero-order valence-corrected chi connectivity index (χ0v) is 21.5. The highest BCUT2D eigenvalue weighted by Gasteiger charge is 2.41. The smallest absolute Gasteiger partial charge is 0.0128 e. The lowest BCUT2D eigenvalue weighted by molar-refractivity contribution is 0.344. The van der Waals surface area contributed by atoms with Crippen LogP contribution in [0.1, 0.15) is 106 Å². The van der Waals surface area contributed by atoms with Gasteiger partial charge in [0.15, 0.2) is 0 Å². The first-order chi connectivity index (χ1) is 15.0. The summed E-state index contributed by atoms with van der Waals surface area (Å²) in [6.45, 7) is 14.2. The molecule has 1 fully saturated rings. The minimum absolute atomic E-state index is 0.741. The Morgan fingerprint density at radius 2 is 1.87 bits per heavy atom. The van der Waals surface area contributed by atoms with Gasteiger partial charge in [0.05, 0.1) is 0 Å². The number of hydrogen-bond acceptors (Lipinski definition) is 0. The third-order valence-electron chi connectivity index (χ3n) is 8.89. The van der Waals surface area contributed by atoms with Crippen molar-refractivity contribution in [2.24, 2.45) is 41.4 Å². The molecule has 0 aliphatic heterocycles. The molecule has 3 aliphatic carbocycles.